The van der Waals surface area contributed by atoms with Crippen molar-refractivity contribution in [3.05, 3.63) is 64.0 Å². The topological polar surface area (TPSA) is 45.8 Å². The molecule has 142 valence electrons. The number of aromatic nitrogens is 2. The number of fused-ring (bicyclic) bond motifs is 1. The maximum Gasteiger partial charge on any atom is 0.416 e. The van der Waals surface area contributed by atoms with Gasteiger partial charge in [-0.25, -0.2) is 0 Å². The van der Waals surface area contributed by atoms with E-state index < -0.39 is 17.2 Å². The first-order chi connectivity index (χ1) is 12.5. The molecule has 6 heteroatoms. The lowest BCUT2D eigenvalue weighted by atomic mass is 9.58. The lowest BCUT2D eigenvalue weighted by Gasteiger charge is -2.43. The van der Waals surface area contributed by atoms with Crippen molar-refractivity contribution in [1.82, 2.24) is 10.2 Å². The molecule has 0 unspecified atom stereocenters. The molecule has 0 saturated carbocycles. The van der Waals surface area contributed by atoms with Crippen molar-refractivity contribution in [2.24, 2.45) is 5.41 Å². The molecule has 0 bridgehead atoms. The molecule has 0 amide bonds. The van der Waals surface area contributed by atoms with Crippen LogP contribution in [0.5, 0.6) is 0 Å². The predicted octanol–water partition coefficient (Wildman–Crippen LogP) is 4.98. The fraction of sp³-hybridized carbons (Fsp3) is 0.429. The summed E-state index contributed by atoms with van der Waals surface area (Å²) in [5.41, 5.74) is 1.99. The van der Waals surface area contributed by atoms with Crippen LogP contribution < -0.4 is 0 Å². The minimum Gasteiger partial charge on any atom is -0.294 e. The van der Waals surface area contributed by atoms with E-state index in [0.717, 1.165) is 29.3 Å². The smallest absolute Gasteiger partial charge is 0.294 e. The lowest BCUT2D eigenvalue weighted by molar-refractivity contribution is -0.137. The van der Waals surface area contributed by atoms with Gasteiger partial charge in [-0.15, -0.1) is 0 Å². The molecule has 4 rings (SSSR count). The van der Waals surface area contributed by atoms with Gasteiger partial charge in [0.15, 0.2) is 5.78 Å². The number of ketones is 1. The maximum absolute atomic E-state index is 13.3. The summed E-state index contributed by atoms with van der Waals surface area (Å²) < 4.78 is 39.9. The van der Waals surface area contributed by atoms with Crippen LogP contribution in [-0.2, 0) is 22.8 Å². The molecule has 27 heavy (non-hydrogen) atoms. The van der Waals surface area contributed by atoms with Crippen molar-refractivity contribution >= 4 is 5.78 Å². The number of aromatic amines is 1. The van der Waals surface area contributed by atoms with Crippen molar-refractivity contribution in [2.75, 3.05) is 0 Å². The molecule has 1 N–H and O–H groups in total. The van der Waals surface area contributed by atoms with E-state index in [9.17, 15) is 18.0 Å². The Morgan fingerprint density at radius 1 is 1.15 bits per heavy atom. The molecular weight excluding hydrogens is 353 g/mol. The number of carbonyl (C=O) groups is 1. The number of nitrogens with zero attached hydrogens (tertiary/aromatic N) is 1. The zero-order valence-electron chi connectivity index (χ0n) is 15.5. The van der Waals surface area contributed by atoms with E-state index in [1.54, 1.807) is 12.3 Å². The van der Waals surface area contributed by atoms with Gasteiger partial charge < -0.3 is 0 Å². The average molecular weight is 374 g/mol. The average Bonchev–Trinajstić information content (AvgIpc) is 3.01. The Morgan fingerprint density at radius 3 is 2.59 bits per heavy atom. The normalized spacial score (nSPS) is 24.6. The first-order valence-corrected chi connectivity index (χ1v) is 8.98. The number of allylic oxidation sites excluding steroid dienone is 2. The van der Waals surface area contributed by atoms with E-state index >= 15 is 0 Å². The number of alkyl halides is 3. The third kappa shape index (κ3) is 2.73. The highest BCUT2D eigenvalue weighted by molar-refractivity contribution is 6.01. The number of hydrogen-bond donors (Lipinski definition) is 1. The Morgan fingerprint density at radius 2 is 1.89 bits per heavy atom. The number of hydrogen-bond acceptors (Lipinski definition) is 2. The number of H-pyrrole nitrogens is 1. The summed E-state index contributed by atoms with van der Waals surface area (Å²) >= 11 is 0. The van der Waals surface area contributed by atoms with Crippen LogP contribution in [0.25, 0.3) is 0 Å². The molecule has 2 aromatic rings. The van der Waals surface area contributed by atoms with Gasteiger partial charge in [0.2, 0.25) is 0 Å². The minimum absolute atomic E-state index is 0.0213. The highest BCUT2D eigenvalue weighted by atomic mass is 19.4. The Labute approximate surface area is 155 Å². The lowest BCUT2D eigenvalue weighted by Crippen LogP contribution is -2.40. The fourth-order valence-electron chi connectivity index (χ4n) is 4.76. The highest BCUT2D eigenvalue weighted by Gasteiger charge is 2.48. The van der Waals surface area contributed by atoms with E-state index in [4.69, 9.17) is 0 Å². The van der Waals surface area contributed by atoms with Crippen LogP contribution in [0.1, 0.15) is 56.0 Å². The third-order valence-electron chi connectivity index (χ3n) is 5.88. The molecule has 0 aliphatic heterocycles. The fourth-order valence-corrected chi connectivity index (χ4v) is 4.76. The Bertz CT molecular complexity index is 968. The van der Waals surface area contributed by atoms with Gasteiger partial charge in [0, 0.05) is 35.1 Å². The molecule has 0 spiro atoms. The number of halogens is 3. The van der Waals surface area contributed by atoms with Crippen LogP contribution in [0.2, 0.25) is 0 Å². The van der Waals surface area contributed by atoms with Gasteiger partial charge in [-0.1, -0.05) is 37.6 Å². The molecular formula is C21H21F3N2O. The van der Waals surface area contributed by atoms with E-state index in [2.05, 4.69) is 24.0 Å². The van der Waals surface area contributed by atoms with Crippen molar-refractivity contribution in [2.45, 2.75) is 51.6 Å². The van der Waals surface area contributed by atoms with Gasteiger partial charge in [-0.3, -0.25) is 9.89 Å². The van der Waals surface area contributed by atoms with Crippen LogP contribution >= 0.6 is 0 Å². The van der Waals surface area contributed by atoms with Crippen LogP contribution in [0.3, 0.4) is 0 Å². The molecule has 1 aromatic carbocycles. The van der Waals surface area contributed by atoms with Crippen LogP contribution in [0.15, 0.2) is 41.6 Å². The van der Waals surface area contributed by atoms with E-state index in [1.807, 2.05) is 6.92 Å². The van der Waals surface area contributed by atoms with Gasteiger partial charge in [0.05, 0.1) is 11.8 Å². The molecule has 1 atom stereocenters. The second-order valence-electron chi connectivity index (χ2n) is 8.56. The molecule has 0 saturated heterocycles. The van der Waals surface area contributed by atoms with Crippen molar-refractivity contribution in [3.8, 4) is 0 Å². The van der Waals surface area contributed by atoms with Crippen LogP contribution in [0.4, 0.5) is 13.2 Å². The van der Waals surface area contributed by atoms with Gasteiger partial charge >= 0.3 is 6.18 Å². The summed E-state index contributed by atoms with van der Waals surface area (Å²) in [5, 5.41) is 7.11. The second-order valence-corrected chi connectivity index (χ2v) is 8.56. The van der Waals surface area contributed by atoms with Crippen LogP contribution in [-0.4, -0.2) is 16.0 Å². The van der Waals surface area contributed by atoms with Gasteiger partial charge in [-0.05, 0) is 30.4 Å². The van der Waals surface area contributed by atoms with Gasteiger partial charge in [-0.2, -0.15) is 18.3 Å². The first kappa shape index (κ1) is 18.0. The number of rotatable bonds is 1. The van der Waals surface area contributed by atoms with E-state index in [-0.39, 0.29) is 11.2 Å². The summed E-state index contributed by atoms with van der Waals surface area (Å²) in [6.45, 7) is 5.96. The van der Waals surface area contributed by atoms with Crippen molar-refractivity contribution in [3.63, 3.8) is 0 Å². The van der Waals surface area contributed by atoms with Gasteiger partial charge in [0.1, 0.15) is 0 Å². The molecule has 2 aliphatic carbocycles. The van der Waals surface area contributed by atoms with Crippen molar-refractivity contribution in [1.29, 1.82) is 0 Å². The van der Waals surface area contributed by atoms with E-state index in [0.29, 0.717) is 24.0 Å². The molecule has 3 nitrogen and oxygen atoms in total. The number of Topliss-reactive ketones (excluding diaryl/α,β-unsaturated/α-hetero) is 1. The Balaban J connectivity index is 1.97. The predicted molar refractivity (Wildman–Crippen MR) is 95.2 cm³/mol. The molecule has 0 radical (unpaired) electrons. The summed E-state index contributed by atoms with van der Waals surface area (Å²) in [6, 6.07) is 5.32. The Kier molecular flexibility index (Phi) is 3.71. The zero-order valence-corrected chi connectivity index (χ0v) is 15.5. The molecule has 1 heterocycles. The largest absolute Gasteiger partial charge is 0.416 e. The number of nitrogens with one attached hydrogen (secondary N) is 1. The summed E-state index contributed by atoms with van der Waals surface area (Å²) in [4.78, 5) is 13.1. The summed E-state index contributed by atoms with van der Waals surface area (Å²) in [6.07, 6.45) is -1.05. The summed E-state index contributed by atoms with van der Waals surface area (Å²) in [7, 11) is 0. The second kappa shape index (κ2) is 5.57. The van der Waals surface area contributed by atoms with Crippen LogP contribution in [0, 0.1) is 5.41 Å². The molecule has 2 aliphatic rings. The van der Waals surface area contributed by atoms with Gasteiger partial charge in [0.25, 0.3) is 0 Å². The Hall–Kier alpha value is -2.37. The maximum atomic E-state index is 13.3. The molecule has 1 aromatic heterocycles. The highest BCUT2D eigenvalue weighted by Crippen LogP contribution is 2.52. The number of carbonyl (C=O) groups excluding carboxylic acids is 1. The molecule has 0 fully saturated rings. The summed E-state index contributed by atoms with van der Waals surface area (Å²) in [5.74, 6) is 0.0213. The van der Waals surface area contributed by atoms with E-state index in [1.165, 1.54) is 12.1 Å². The quantitative estimate of drug-likeness (QED) is 0.765. The third-order valence-corrected chi connectivity index (χ3v) is 5.88. The zero-order chi connectivity index (χ0) is 19.6. The number of benzene rings is 1. The minimum atomic E-state index is -4.43. The first-order valence-electron chi connectivity index (χ1n) is 8.98. The SMILES string of the molecule is CC1(C)CC(=O)C2=C(Cc3[nH]ncc3[C@@]2(C)c2cccc(C(F)(F)F)c2)C1. The monoisotopic (exact) mass is 374 g/mol. The standard InChI is InChI=1S/C21H21F3N2O/c1-19(2)9-12-7-16-15(11-25-26-16)20(3,18(12)17(27)10-19)13-5-4-6-14(8-13)21(22,23)24/h4-6,8,11H,7,9-10H2,1-3H3,(H,25,26)/t20-/m1/s1. The van der Waals surface area contributed by atoms with Crippen molar-refractivity contribution < 1.29 is 18.0 Å².